The van der Waals surface area contributed by atoms with E-state index in [9.17, 15) is 13.5 Å². The summed E-state index contributed by atoms with van der Waals surface area (Å²) >= 11 is 0. The molecule has 1 saturated heterocycles. The fourth-order valence-electron chi connectivity index (χ4n) is 3.66. The predicted molar refractivity (Wildman–Crippen MR) is 109 cm³/mol. The summed E-state index contributed by atoms with van der Waals surface area (Å²) in [6.45, 7) is 3.06. The van der Waals surface area contributed by atoms with Gasteiger partial charge in [0.05, 0.1) is 12.4 Å². The van der Waals surface area contributed by atoms with E-state index < -0.39 is 16.1 Å². The molecular formula is C21H28N2O3S. The summed E-state index contributed by atoms with van der Waals surface area (Å²) in [6.07, 6.45) is 3.62. The summed E-state index contributed by atoms with van der Waals surface area (Å²) in [5, 5.41) is 10.7. The average Bonchev–Trinajstić information content (AvgIpc) is 2.66. The summed E-state index contributed by atoms with van der Waals surface area (Å²) < 4.78 is 25.0. The first-order chi connectivity index (χ1) is 12.9. The van der Waals surface area contributed by atoms with Crippen LogP contribution in [0.3, 0.4) is 0 Å². The van der Waals surface area contributed by atoms with E-state index in [2.05, 4.69) is 33.9 Å². The molecule has 0 spiro atoms. The van der Waals surface area contributed by atoms with Crippen molar-refractivity contribution in [2.24, 2.45) is 5.92 Å². The first kappa shape index (κ1) is 19.9. The monoisotopic (exact) mass is 388 g/mol. The second-order valence-corrected chi connectivity index (χ2v) is 9.10. The first-order valence-corrected chi connectivity index (χ1v) is 11.3. The van der Waals surface area contributed by atoms with Crippen LogP contribution in [-0.2, 0) is 16.4 Å². The molecule has 0 saturated carbocycles. The maximum Gasteiger partial charge on any atom is 0.229 e. The molecule has 1 unspecified atom stereocenters. The van der Waals surface area contributed by atoms with Crippen molar-refractivity contribution < 1.29 is 13.5 Å². The molecule has 1 fully saturated rings. The smallest absolute Gasteiger partial charge is 0.229 e. The minimum Gasteiger partial charge on any atom is -0.388 e. The average molecular weight is 389 g/mol. The molecule has 0 bridgehead atoms. The van der Waals surface area contributed by atoms with Gasteiger partial charge in [-0.3, -0.25) is 4.72 Å². The van der Waals surface area contributed by atoms with Crippen molar-refractivity contribution >= 4 is 15.7 Å². The van der Waals surface area contributed by atoms with Crippen LogP contribution in [0.25, 0.3) is 0 Å². The summed E-state index contributed by atoms with van der Waals surface area (Å²) in [7, 11) is -3.28. The molecule has 1 aliphatic rings. The minimum absolute atomic E-state index is 0.242. The van der Waals surface area contributed by atoms with Crippen LogP contribution in [0.4, 0.5) is 5.69 Å². The molecule has 2 aromatic rings. The lowest BCUT2D eigenvalue weighted by molar-refractivity contribution is 0.0592. The van der Waals surface area contributed by atoms with Gasteiger partial charge in [-0.25, -0.2) is 8.42 Å². The molecule has 1 heterocycles. The van der Waals surface area contributed by atoms with Crippen molar-refractivity contribution in [3.63, 3.8) is 0 Å². The highest BCUT2D eigenvalue weighted by atomic mass is 32.2. The van der Waals surface area contributed by atoms with Gasteiger partial charge in [-0.1, -0.05) is 42.5 Å². The van der Waals surface area contributed by atoms with Crippen LogP contribution in [0.15, 0.2) is 54.6 Å². The van der Waals surface area contributed by atoms with Crippen molar-refractivity contribution in [1.29, 1.82) is 0 Å². The Labute approximate surface area is 162 Å². The number of benzene rings is 2. The van der Waals surface area contributed by atoms with Crippen LogP contribution in [0.2, 0.25) is 0 Å². The Bertz CT molecular complexity index is 814. The molecule has 6 heteroatoms. The van der Waals surface area contributed by atoms with Gasteiger partial charge in [0.2, 0.25) is 10.0 Å². The lowest BCUT2D eigenvalue weighted by Crippen LogP contribution is -2.36. The number of aliphatic hydroxyl groups is 1. The van der Waals surface area contributed by atoms with Crippen molar-refractivity contribution in [2.75, 3.05) is 30.6 Å². The number of anilines is 1. The van der Waals surface area contributed by atoms with E-state index in [-0.39, 0.29) is 5.92 Å². The first-order valence-electron chi connectivity index (χ1n) is 9.43. The molecule has 2 aromatic carbocycles. The lowest BCUT2D eigenvalue weighted by Gasteiger charge is -2.34. The third-order valence-corrected chi connectivity index (χ3v) is 5.80. The number of likely N-dealkylation sites (tertiary alicyclic amines) is 1. The Kier molecular flexibility index (Phi) is 6.52. The molecule has 1 atom stereocenters. The fraction of sp³-hybridized carbons (Fsp3) is 0.429. The number of rotatable bonds is 7. The highest BCUT2D eigenvalue weighted by molar-refractivity contribution is 7.92. The second-order valence-electron chi connectivity index (χ2n) is 7.36. The quantitative estimate of drug-likeness (QED) is 0.765. The largest absolute Gasteiger partial charge is 0.388 e. The Morgan fingerprint density at radius 1 is 1.07 bits per heavy atom. The van der Waals surface area contributed by atoms with Gasteiger partial charge in [-0.05, 0) is 61.5 Å². The van der Waals surface area contributed by atoms with Crippen molar-refractivity contribution in [1.82, 2.24) is 4.90 Å². The second kappa shape index (κ2) is 8.87. The van der Waals surface area contributed by atoms with E-state index in [1.165, 1.54) is 5.56 Å². The molecule has 3 rings (SSSR count). The molecule has 0 aliphatic carbocycles. The van der Waals surface area contributed by atoms with Gasteiger partial charge in [0.15, 0.2) is 0 Å². The summed E-state index contributed by atoms with van der Waals surface area (Å²) in [6, 6.07) is 17.5. The molecule has 2 N–H and O–H groups in total. The molecule has 0 aromatic heterocycles. The number of aliphatic hydroxyl groups excluding tert-OH is 1. The third kappa shape index (κ3) is 6.06. The number of nitrogens with zero attached hydrogens (tertiary/aromatic N) is 1. The highest BCUT2D eigenvalue weighted by Crippen LogP contribution is 2.31. The molecule has 0 amide bonds. The van der Waals surface area contributed by atoms with Gasteiger partial charge in [-0.15, -0.1) is 0 Å². The maximum absolute atomic E-state index is 11.3. The number of hydrogen-bond donors (Lipinski definition) is 2. The Balaban J connectivity index is 1.48. The number of hydrogen-bond acceptors (Lipinski definition) is 4. The number of sulfonamides is 1. The number of nitrogens with one attached hydrogen (secondary N) is 1. The van der Waals surface area contributed by atoms with Gasteiger partial charge >= 0.3 is 0 Å². The van der Waals surface area contributed by atoms with Crippen LogP contribution in [0.1, 0.15) is 30.1 Å². The molecule has 1 aliphatic heterocycles. The zero-order chi connectivity index (χ0) is 19.3. The van der Waals surface area contributed by atoms with Crippen molar-refractivity contribution in [3.05, 3.63) is 65.7 Å². The van der Waals surface area contributed by atoms with Gasteiger partial charge in [0, 0.05) is 12.2 Å². The van der Waals surface area contributed by atoms with Gasteiger partial charge in [-0.2, -0.15) is 0 Å². The van der Waals surface area contributed by atoms with Crippen LogP contribution < -0.4 is 4.72 Å². The highest BCUT2D eigenvalue weighted by Gasteiger charge is 2.26. The van der Waals surface area contributed by atoms with Crippen LogP contribution in [-0.4, -0.2) is 44.3 Å². The molecule has 146 valence electrons. The lowest BCUT2D eigenvalue weighted by atomic mass is 9.87. The molecule has 0 radical (unpaired) electrons. The van der Waals surface area contributed by atoms with Gasteiger partial charge in [0.1, 0.15) is 0 Å². The summed E-state index contributed by atoms with van der Waals surface area (Å²) in [5.74, 6) is 0.242. The van der Waals surface area contributed by atoms with Crippen molar-refractivity contribution in [2.45, 2.75) is 25.4 Å². The van der Waals surface area contributed by atoms with E-state index in [1.54, 1.807) is 24.3 Å². The summed E-state index contributed by atoms with van der Waals surface area (Å²) in [5.41, 5.74) is 2.73. The third-order valence-electron chi connectivity index (χ3n) is 5.19. The van der Waals surface area contributed by atoms with E-state index in [0.29, 0.717) is 5.69 Å². The van der Waals surface area contributed by atoms with Gasteiger partial charge in [0.25, 0.3) is 0 Å². The Morgan fingerprint density at radius 3 is 2.30 bits per heavy atom. The molecule has 27 heavy (non-hydrogen) atoms. The number of piperidine rings is 1. The zero-order valence-electron chi connectivity index (χ0n) is 15.7. The van der Waals surface area contributed by atoms with Crippen molar-refractivity contribution in [3.8, 4) is 0 Å². The summed E-state index contributed by atoms with van der Waals surface area (Å²) in [4.78, 5) is 2.47. The molecular weight excluding hydrogens is 360 g/mol. The van der Waals surface area contributed by atoms with Gasteiger partial charge < -0.3 is 10.0 Å². The topological polar surface area (TPSA) is 69.6 Å². The SMILES string of the molecule is CS(=O)(=O)Nc1ccc(C(O)C2CCN(CCc3ccccc3)CC2)cc1. The standard InChI is InChI=1S/C21H28N2O3S/c1-27(25,26)22-20-9-7-18(8-10-20)21(24)19-12-15-23(16-13-19)14-11-17-5-3-2-4-6-17/h2-10,19,21-22,24H,11-16H2,1H3. The minimum atomic E-state index is -3.28. The van der Waals surface area contributed by atoms with Crippen LogP contribution in [0, 0.1) is 5.92 Å². The Morgan fingerprint density at radius 2 is 1.70 bits per heavy atom. The zero-order valence-corrected chi connectivity index (χ0v) is 16.5. The Hall–Kier alpha value is -1.89. The van der Waals surface area contributed by atoms with E-state index in [4.69, 9.17) is 0 Å². The predicted octanol–water partition coefficient (Wildman–Crippen LogP) is 3.05. The van der Waals surface area contributed by atoms with Crippen LogP contribution >= 0.6 is 0 Å². The van der Waals surface area contributed by atoms with E-state index in [0.717, 1.165) is 50.7 Å². The van der Waals surface area contributed by atoms with E-state index in [1.807, 2.05) is 6.07 Å². The van der Waals surface area contributed by atoms with Crippen LogP contribution in [0.5, 0.6) is 0 Å². The fourth-order valence-corrected chi connectivity index (χ4v) is 4.22. The molecule has 5 nitrogen and oxygen atoms in total. The normalized spacial score (nSPS) is 17.6. The van der Waals surface area contributed by atoms with E-state index >= 15 is 0 Å². The maximum atomic E-state index is 11.3.